The molecule has 19 heavy (non-hydrogen) atoms. The molecular formula is C13H17ClF3NO. The Kier molecular flexibility index (Phi) is 5.94. The third kappa shape index (κ3) is 6.16. The zero-order valence-electron chi connectivity index (χ0n) is 10.9. The van der Waals surface area contributed by atoms with Crippen molar-refractivity contribution in [1.82, 2.24) is 5.32 Å². The summed E-state index contributed by atoms with van der Waals surface area (Å²) in [4.78, 5) is 0. The summed E-state index contributed by atoms with van der Waals surface area (Å²) >= 11 is 5.90. The molecule has 0 bridgehead atoms. The van der Waals surface area contributed by atoms with E-state index < -0.39 is 12.7 Å². The molecule has 0 aliphatic carbocycles. The van der Waals surface area contributed by atoms with Gasteiger partial charge in [0.2, 0.25) is 0 Å². The van der Waals surface area contributed by atoms with Gasteiger partial charge in [-0.2, -0.15) is 13.2 Å². The quantitative estimate of drug-likeness (QED) is 0.864. The van der Waals surface area contributed by atoms with Crippen LogP contribution in [-0.4, -0.2) is 26.4 Å². The summed E-state index contributed by atoms with van der Waals surface area (Å²) in [5, 5.41) is 2.99. The smallest absolute Gasteiger partial charge is 0.401 e. The van der Waals surface area contributed by atoms with E-state index in [0.717, 1.165) is 5.56 Å². The normalized spacial score (nSPS) is 13.4. The van der Waals surface area contributed by atoms with Gasteiger partial charge in [0.1, 0.15) is 5.75 Å². The van der Waals surface area contributed by atoms with Crippen LogP contribution in [0.1, 0.15) is 12.5 Å². The Bertz CT molecular complexity index is 409. The second-order valence-corrected chi connectivity index (χ2v) is 4.95. The van der Waals surface area contributed by atoms with Gasteiger partial charge < -0.3 is 10.1 Å². The predicted molar refractivity (Wildman–Crippen MR) is 69.8 cm³/mol. The van der Waals surface area contributed by atoms with Crippen molar-refractivity contribution in [2.24, 2.45) is 5.92 Å². The van der Waals surface area contributed by atoms with Crippen LogP contribution in [0.25, 0.3) is 0 Å². The fourth-order valence-corrected chi connectivity index (χ4v) is 2.01. The molecular weight excluding hydrogens is 279 g/mol. The summed E-state index contributed by atoms with van der Waals surface area (Å²) in [7, 11) is 1.55. The first-order valence-corrected chi connectivity index (χ1v) is 6.29. The van der Waals surface area contributed by atoms with Gasteiger partial charge in [-0.15, -0.1) is 0 Å². The van der Waals surface area contributed by atoms with Crippen LogP contribution in [-0.2, 0) is 6.42 Å². The highest BCUT2D eigenvalue weighted by molar-refractivity contribution is 6.30. The molecule has 0 aliphatic rings. The molecule has 0 spiro atoms. The SMILES string of the molecule is COc1ccc(Cl)cc1CC(C)CNCC(F)(F)F. The molecule has 0 radical (unpaired) electrons. The maximum atomic E-state index is 12.0. The fraction of sp³-hybridized carbons (Fsp3) is 0.538. The molecule has 0 aromatic heterocycles. The molecule has 108 valence electrons. The van der Waals surface area contributed by atoms with Crippen molar-refractivity contribution < 1.29 is 17.9 Å². The van der Waals surface area contributed by atoms with Crippen molar-refractivity contribution in [2.45, 2.75) is 19.5 Å². The number of hydrogen-bond donors (Lipinski definition) is 1. The van der Waals surface area contributed by atoms with Crippen LogP contribution >= 0.6 is 11.6 Å². The molecule has 1 unspecified atom stereocenters. The van der Waals surface area contributed by atoms with Crippen molar-refractivity contribution in [3.8, 4) is 5.75 Å². The fourth-order valence-electron chi connectivity index (χ4n) is 1.81. The van der Waals surface area contributed by atoms with E-state index in [0.29, 0.717) is 17.2 Å². The summed E-state index contributed by atoms with van der Waals surface area (Å²) in [5.74, 6) is 0.752. The van der Waals surface area contributed by atoms with Gasteiger partial charge in [0.15, 0.2) is 0 Å². The largest absolute Gasteiger partial charge is 0.496 e. The van der Waals surface area contributed by atoms with E-state index in [4.69, 9.17) is 16.3 Å². The first kappa shape index (κ1) is 16.1. The zero-order chi connectivity index (χ0) is 14.5. The predicted octanol–water partition coefficient (Wildman–Crippen LogP) is 3.68. The van der Waals surface area contributed by atoms with E-state index >= 15 is 0 Å². The van der Waals surface area contributed by atoms with Crippen LogP contribution in [0, 0.1) is 5.92 Å². The topological polar surface area (TPSA) is 21.3 Å². The second-order valence-electron chi connectivity index (χ2n) is 4.51. The molecule has 0 saturated heterocycles. The average molecular weight is 296 g/mol. The van der Waals surface area contributed by atoms with E-state index in [9.17, 15) is 13.2 Å². The van der Waals surface area contributed by atoms with Crippen molar-refractivity contribution in [1.29, 1.82) is 0 Å². The van der Waals surface area contributed by atoms with Crippen molar-refractivity contribution in [2.75, 3.05) is 20.2 Å². The van der Waals surface area contributed by atoms with E-state index in [-0.39, 0.29) is 12.5 Å². The highest BCUT2D eigenvalue weighted by Gasteiger charge is 2.26. The maximum Gasteiger partial charge on any atom is 0.401 e. The lowest BCUT2D eigenvalue weighted by Gasteiger charge is -2.16. The minimum Gasteiger partial charge on any atom is -0.496 e. The third-order valence-electron chi connectivity index (χ3n) is 2.63. The second kappa shape index (κ2) is 7.01. The monoisotopic (exact) mass is 295 g/mol. The number of alkyl halides is 3. The number of benzene rings is 1. The summed E-state index contributed by atoms with van der Waals surface area (Å²) in [6.07, 6.45) is -3.57. The lowest BCUT2D eigenvalue weighted by Crippen LogP contribution is -2.32. The van der Waals surface area contributed by atoms with E-state index in [1.807, 2.05) is 6.92 Å². The highest BCUT2D eigenvalue weighted by atomic mass is 35.5. The Hall–Kier alpha value is -0.940. The minimum absolute atomic E-state index is 0.0507. The lowest BCUT2D eigenvalue weighted by atomic mass is 10.0. The Morgan fingerprint density at radius 1 is 1.37 bits per heavy atom. The number of hydrogen-bond acceptors (Lipinski definition) is 2. The number of halogens is 4. The minimum atomic E-state index is -4.17. The highest BCUT2D eigenvalue weighted by Crippen LogP contribution is 2.25. The lowest BCUT2D eigenvalue weighted by molar-refractivity contribution is -0.125. The van der Waals surface area contributed by atoms with E-state index in [1.54, 1.807) is 25.3 Å². The molecule has 2 nitrogen and oxygen atoms in total. The van der Waals surface area contributed by atoms with Crippen LogP contribution in [0.2, 0.25) is 5.02 Å². The van der Waals surface area contributed by atoms with Gasteiger partial charge in [-0.05, 0) is 42.6 Å². The van der Waals surface area contributed by atoms with Crippen molar-refractivity contribution in [3.05, 3.63) is 28.8 Å². The molecule has 0 heterocycles. The van der Waals surface area contributed by atoms with Crippen LogP contribution in [0.3, 0.4) is 0 Å². The van der Waals surface area contributed by atoms with E-state index in [2.05, 4.69) is 5.32 Å². The van der Waals surface area contributed by atoms with Crippen molar-refractivity contribution in [3.63, 3.8) is 0 Å². The molecule has 1 rings (SSSR count). The number of rotatable bonds is 6. The number of ether oxygens (including phenoxy) is 1. The molecule has 1 atom stereocenters. The average Bonchev–Trinajstić information content (AvgIpc) is 2.27. The van der Waals surface area contributed by atoms with Crippen LogP contribution in [0.4, 0.5) is 13.2 Å². The molecule has 0 saturated carbocycles. The molecule has 1 aromatic rings. The van der Waals surface area contributed by atoms with Crippen LogP contribution < -0.4 is 10.1 Å². The van der Waals surface area contributed by atoms with Crippen LogP contribution in [0.15, 0.2) is 18.2 Å². The number of methoxy groups -OCH3 is 1. The molecule has 0 amide bonds. The summed E-state index contributed by atoms with van der Waals surface area (Å²) in [5.41, 5.74) is 0.899. The van der Waals surface area contributed by atoms with Gasteiger partial charge in [0, 0.05) is 5.02 Å². The molecule has 0 fully saturated rings. The molecule has 1 aromatic carbocycles. The van der Waals surface area contributed by atoms with Crippen molar-refractivity contribution >= 4 is 11.6 Å². The van der Waals surface area contributed by atoms with Gasteiger partial charge >= 0.3 is 6.18 Å². The Morgan fingerprint density at radius 3 is 2.63 bits per heavy atom. The summed E-state index contributed by atoms with van der Waals surface area (Å²) < 4.78 is 41.2. The third-order valence-corrected chi connectivity index (χ3v) is 2.86. The molecule has 1 N–H and O–H groups in total. The maximum absolute atomic E-state index is 12.0. The first-order valence-electron chi connectivity index (χ1n) is 5.91. The Morgan fingerprint density at radius 2 is 2.05 bits per heavy atom. The van der Waals surface area contributed by atoms with Gasteiger partial charge in [-0.25, -0.2) is 0 Å². The summed E-state index contributed by atoms with van der Waals surface area (Å²) in [6.45, 7) is 1.20. The standard InChI is InChI=1S/C13H17ClF3NO/c1-9(7-18-8-13(15,16)17)5-10-6-11(14)3-4-12(10)19-2/h3-4,6,9,18H,5,7-8H2,1-2H3. The van der Waals surface area contributed by atoms with Gasteiger partial charge in [0.25, 0.3) is 0 Å². The number of nitrogens with one attached hydrogen (secondary N) is 1. The van der Waals surface area contributed by atoms with Gasteiger partial charge in [-0.3, -0.25) is 0 Å². The Balaban J connectivity index is 2.52. The zero-order valence-corrected chi connectivity index (χ0v) is 11.6. The van der Waals surface area contributed by atoms with E-state index in [1.165, 1.54) is 0 Å². The molecule has 0 aliphatic heterocycles. The summed E-state index contributed by atoms with van der Waals surface area (Å²) in [6, 6.07) is 5.25. The molecule has 6 heteroatoms. The van der Waals surface area contributed by atoms with Gasteiger partial charge in [-0.1, -0.05) is 18.5 Å². The Labute approximate surface area is 115 Å². The van der Waals surface area contributed by atoms with Gasteiger partial charge in [0.05, 0.1) is 13.7 Å². The first-order chi connectivity index (χ1) is 8.81. The van der Waals surface area contributed by atoms with Crippen LogP contribution in [0.5, 0.6) is 5.75 Å².